The summed E-state index contributed by atoms with van der Waals surface area (Å²) in [5.41, 5.74) is 6.16. The SMILES string of the molecule is CCc1nc(C(N)=O)sc1CN(C)C. The van der Waals surface area contributed by atoms with Gasteiger partial charge in [0.2, 0.25) is 0 Å². The lowest BCUT2D eigenvalue weighted by molar-refractivity contribution is 0.1000. The first-order chi connectivity index (χ1) is 6.54. The van der Waals surface area contributed by atoms with E-state index in [9.17, 15) is 4.79 Å². The minimum atomic E-state index is -0.435. The van der Waals surface area contributed by atoms with Gasteiger partial charge in [0.25, 0.3) is 5.91 Å². The number of nitrogens with zero attached hydrogens (tertiary/aromatic N) is 2. The van der Waals surface area contributed by atoms with E-state index in [0.29, 0.717) is 5.01 Å². The number of carbonyl (C=O) groups excluding carboxylic acids is 1. The van der Waals surface area contributed by atoms with Crippen LogP contribution in [0.15, 0.2) is 0 Å². The summed E-state index contributed by atoms with van der Waals surface area (Å²) >= 11 is 1.39. The maximum absolute atomic E-state index is 10.9. The quantitative estimate of drug-likeness (QED) is 0.807. The van der Waals surface area contributed by atoms with Gasteiger partial charge in [-0.3, -0.25) is 4.79 Å². The Morgan fingerprint density at radius 1 is 1.57 bits per heavy atom. The van der Waals surface area contributed by atoms with Gasteiger partial charge in [-0.05, 0) is 20.5 Å². The maximum Gasteiger partial charge on any atom is 0.277 e. The topological polar surface area (TPSA) is 59.2 Å². The van der Waals surface area contributed by atoms with Gasteiger partial charge in [0.05, 0.1) is 5.69 Å². The molecular formula is C9H15N3OS. The van der Waals surface area contributed by atoms with Crippen molar-refractivity contribution in [1.82, 2.24) is 9.88 Å². The van der Waals surface area contributed by atoms with Gasteiger partial charge in [0.1, 0.15) is 0 Å². The predicted molar refractivity (Wildman–Crippen MR) is 57.4 cm³/mol. The van der Waals surface area contributed by atoms with Crippen LogP contribution < -0.4 is 5.73 Å². The van der Waals surface area contributed by atoms with Crippen molar-refractivity contribution in [3.63, 3.8) is 0 Å². The van der Waals surface area contributed by atoms with E-state index in [-0.39, 0.29) is 0 Å². The average molecular weight is 213 g/mol. The molecule has 2 N–H and O–H groups in total. The summed E-state index contributed by atoms with van der Waals surface area (Å²) < 4.78 is 0. The Labute approximate surface area is 87.7 Å². The smallest absolute Gasteiger partial charge is 0.277 e. The first kappa shape index (κ1) is 11.1. The number of hydrogen-bond acceptors (Lipinski definition) is 4. The van der Waals surface area contributed by atoms with Crippen molar-refractivity contribution in [2.75, 3.05) is 14.1 Å². The number of hydrogen-bond donors (Lipinski definition) is 1. The molecule has 1 aromatic heterocycles. The third-order valence-corrected chi connectivity index (χ3v) is 2.88. The number of amides is 1. The van der Waals surface area contributed by atoms with Crippen LogP contribution in [0.25, 0.3) is 0 Å². The molecular weight excluding hydrogens is 198 g/mol. The van der Waals surface area contributed by atoms with Gasteiger partial charge in [-0.15, -0.1) is 11.3 Å². The Hall–Kier alpha value is -0.940. The Bertz CT molecular complexity index is 333. The van der Waals surface area contributed by atoms with E-state index in [2.05, 4.69) is 9.88 Å². The second-order valence-electron chi connectivity index (χ2n) is 3.34. The molecule has 0 saturated carbocycles. The molecule has 0 radical (unpaired) electrons. The van der Waals surface area contributed by atoms with Crippen LogP contribution in [0.4, 0.5) is 0 Å². The molecule has 0 aliphatic heterocycles. The summed E-state index contributed by atoms with van der Waals surface area (Å²) in [6.45, 7) is 2.84. The Morgan fingerprint density at radius 2 is 2.21 bits per heavy atom. The zero-order valence-corrected chi connectivity index (χ0v) is 9.52. The number of nitrogens with two attached hydrogens (primary N) is 1. The molecule has 0 unspecified atom stereocenters. The maximum atomic E-state index is 10.9. The molecule has 4 nitrogen and oxygen atoms in total. The van der Waals surface area contributed by atoms with Crippen molar-refractivity contribution in [1.29, 1.82) is 0 Å². The van der Waals surface area contributed by atoms with Crippen LogP contribution in [0, 0.1) is 0 Å². The van der Waals surface area contributed by atoms with E-state index in [4.69, 9.17) is 5.73 Å². The molecule has 0 aromatic carbocycles. The molecule has 1 heterocycles. The van der Waals surface area contributed by atoms with Crippen LogP contribution in [-0.2, 0) is 13.0 Å². The van der Waals surface area contributed by atoms with Crippen LogP contribution in [-0.4, -0.2) is 29.9 Å². The zero-order valence-electron chi connectivity index (χ0n) is 8.70. The highest BCUT2D eigenvalue weighted by molar-refractivity contribution is 7.13. The van der Waals surface area contributed by atoms with E-state index in [1.165, 1.54) is 11.3 Å². The van der Waals surface area contributed by atoms with Crippen LogP contribution in [0.1, 0.15) is 27.3 Å². The Morgan fingerprint density at radius 3 is 2.64 bits per heavy atom. The molecule has 14 heavy (non-hydrogen) atoms. The highest BCUT2D eigenvalue weighted by atomic mass is 32.1. The highest BCUT2D eigenvalue weighted by Gasteiger charge is 2.13. The van der Waals surface area contributed by atoms with Crippen LogP contribution in [0.5, 0.6) is 0 Å². The minimum absolute atomic E-state index is 0.415. The van der Waals surface area contributed by atoms with E-state index in [0.717, 1.165) is 23.5 Å². The number of thiazole rings is 1. The molecule has 0 atom stereocenters. The normalized spacial score (nSPS) is 10.9. The van der Waals surface area contributed by atoms with Gasteiger partial charge in [0, 0.05) is 11.4 Å². The van der Waals surface area contributed by atoms with Crippen molar-refractivity contribution in [3.8, 4) is 0 Å². The predicted octanol–water partition coefficient (Wildman–Crippen LogP) is 0.866. The van der Waals surface area contributed by atoms with E-state index >= 15 is 0 Å². The van der Waals surface area contributed by atoms with Crippen molar-refractivity contribution >= 4 is 17.2 Å². The fourth-order valence-corrected chi connectivity index (χ4v) is 2.30. The van der Waals surface area contributed by atoms with E-state index in [1.807, 2.05) is 21.0 Å². The molecule has 5 heteroatoms. The lowest BCUT2D eigenvalue weighted by Gasteiger charge is -2.07. The molecule has 1 amide bonds. The van der Waals surface area contributed by atoms with Gasteiger partial charge < -0.3 is 10.6 Å². The first-order valence-electron chi connectivity index (χ1n) is 4.47. The summed E-state index contributed by atoms with van der Waals surface area (Å²) in [6.07, 6.45) is 0.840. The van der Waals surface area contributed by atoms with Crippen molar-refractivity contribution in [2.24, 2.45) is 5.73 Å². The Balaban J connectivity index is 2.96. The molecule has 0 spiro atoms. The number of carbonyl (C=O) groups is 1. The molecule has 78 valence electrons. The number of aromatic nitrogens is 1. The monoisotopic (exact) mass is 213 g/mol. The van der Waals surface area contributed by atoms with E-state index in [1.54, 1.807) is 0 Å². The minimum Gasteiger partial charge on any atom is -0.364 e. The fraction of sp³-hybridized carbons (Fsp3) is 0.556. The van der Waals surface area contributed by atoms with Crippen LogP contribution in [0.2, 0.25) is 0 Å². The zero-order chi connectivity index (χ0) is 10.7. The Kier molecular flexibility index (Phi) is 3.60. The molecule has 1 rings (SSSR count). The lowest BCUT2D eigenvalue weighted by atomic mass is 10.3. The number of rotatable bonds is 4. The summed E-state index contributed by atoms with van der Waals surface area (Å²) in [5.74, 6) is -0.435. The summed E-state index contributed by atoms with van der Waals surface area (Å²) in [6, 6.07) is 0. The molecule has 0 aliphatic carbocycles. The van der Waals surface area contributed by atoms with Gasteiger partial charge in [-0.25, -0.2) is 4.98 Å². The molecule has 0 saturated heterocycles. The standard InChI is InChI=1S/C9H15N3OS/c1-4-6-7(5-12(2)3)14-9(11-6)8(10)13/h4-5H2,1-3H3,(H2,10,13). The molecule has 0 aliphatic rings. The average Bonchev–Trinajstić information content (AvgIpc) is 2.46. The molecule has 0 bridgehead atoms. The summed E-state index contributed by atoms with van der Waals surface area (Å²) in [7, 11) is 3.98. The van der Waals surface area contributed by atoms with Gasteiger partial charge in [-0.2, -0.15) is 0 Å². The molecule has 1 aromatic rings. The fourth-order valence-electron chi connectivity index (χ4n) is 1.18. The summed E-state index contributed by atoms with van der Waals surface area (Å²) in [4.78, 5) is 18.3. The largest absolute Gasteiger partial charge is 0.364 e. The number of primary amides is 1. The van der Waals surface area contributed by atoms with Gasteiger partial charge in [0.15, 0.2) is 5.01 Å². The highest BCUT2D eigenvalue weighted by Crippen LogP contribution is 2.19. The summed E-state index contributed by atoms with van der Waals surface area (Å²) in [5, 5.41) is 0.415. The number of aryl methyl sites for hydroxylation is 1. The molecule has 0 fully saturated rings. The van der Waals surface area contributed by atoms with Gasteiger partial charge >= 0.3 is 0 Å². The third-order valence-electron chi connectivity index (χ3n) is 1.78. The second-order valence-corrected chi connectivity index (χ2v) is 4.43. The van der Waals surface area contributed by atoms with Gasteiger partial charge in [-0.1, -0.05) is 6.92 Å². The lowest BCUT2D eigenvalue weighted by Crippen LogP contribution is -2.10. The third kappa shape index (κ3) is 2.52. The first-order valence-corrected chi connectivity index (χ1v) is 5.29. The second kappa shape index (κ2) is 4.52. The van der Waals surface area contributed by atoms with Crippen LogP contribution >= 0.6 is 11.3 Å². The van der Waals surface area contributed by atoms with Crippen LogP contribution in [0.3, 0.4) is 0 Å². The van der Waals surface area contributed by atoms with Crippen molar-refractivity contribution < 1.29 is 4.79 Å². The van der Waals surface area contributed by atoms with E-state index < -0.39 is 5.91 Å². The van der Waals surface area contributed by atoms with Crippen molar-refractivity contribution in [3.05, 3.63) is 15.6 Å². The van der Waals surface area contributed by atoms with Crippen molar-refractivity contribution in [2.45, 2.75) is 19.9 Å².